The number of pyridine rings is 1. The molecular formula is C19H19N4O2+. The maximum absolute atomic E-state index is 12.6. The summed E-state index contributed by atoms with van der Waals surface area (Å²) >= 11 is 0. The molecule has 2 N–H and O–H groups in total. The van der Waals surface area contributed by atoms with E-state index in [4.69, 9.17) is 0 Å². The van der Waals surface area contributed by atoms with E-state index >= 15 is 0 Å². The molecule has 0 aliphatic carbocycles. The smallest absolute Gasteiger partial charge is 0.296 e. The summed E-state index contributed by atoms with van der Waals surface area (Å²) in [4.78, 5) is 14.6. The van der Waals surface area contributed by atoms with Gasteiger partial charge in [0.2, 0.25) is 11.9 Å². The average molecular weight is 335 g/mol. The van der Waals surface area contributed by atoms with Crippen LogP contribution in [0.1, 0.15) is 17.5 Å². The third-order valence-corrected chi connectivity index (χ3v) is 4.34. The molecule has 2 heterocycles. The van der Waals surface area contributed by atoms with Crippen LogP contribution in [-0.2, 0) is 4.79 Å². The fourth-order valence-electron chi connectivity index (χ4n) is 3.07. The Morgan fingerprint density at radius 3 is 2.36 bits per heavy atom. The molecule has 1 aliphatic heterocycles. The Kier molecular flexibility index (Phi) is 4.40. The van der Waals surface area contributed by atoms with E-state index in [1.807, 2.05) is 61.5 Å². The van der Waals surface area contributed by atoms with Gasteiger partial charge in [-0.3, -0.25) is 10.1 Å². The lowest BCUT2D eigenvalue weighted by atomic mass is 9.82. The number of nitrogens with one attached hydrogen (secondary N) is 1. The minimum absolute atomic E-state index is 0.151. The van der Waals surface area contributed by atoms with E-state index in [0.29, 0.717) is 0 Å². The summed E-state index contributed by atoms with van der Waals surface area (Å²) in [7, 11) is 3.89. The lowest BCUT2D eigenvalue weighted by molar-refractivity contribution is -0.711. The van der Waals surface area contributed by atoms with Crippen LogP contribution in [0.15, 0.2) is 66.3 Å². The number of hydrogen-bond acceptors (Lipinski definition) is 4. The topological polar surface area (TPSA) is 80.2 Å². The first-order chi connectivity index (χ1) is 12.0. The third-order valence-electron chi connectivity index (χ3n) is 4.34. The highest BCUT2D eigenvalue weighted by Gasteiger charge is 2.45. The Morgan fingerprint density at radius 1 is 1.16 bits per heavy atom. The van der Waals surface area contributed by atoms with Crippen LogP contribution in [0.5, 0.6) is 0 Å². The first-order valence-corrected chi connectivity index (χ1v) is 7.90. The second-order valence-corrected chi connectivity index (χ2v) is 6.09. The van der Waals surface area contributed by atoms with Gasteiger partial charge in [-0.2, -0.15) is 9.83 Å². The van der Waals surface area contributed by atoms with Gasteiger partial charge in [0.1, 0.15) is 11.6 Å². The van der Waals surface area contributed by atoms with Crippen molar-refractivity contribution < 1.29 is 14.5 Å². The molecule has 6 heteroatoms. The lowest BCUT2D eigenvalue weighted by Gasteiger charge is -2.27. The van der Waals surface area contributed by atoms with Crippen LogP contribution in [0.4, 0.5) is 5.69 Å². The zero-order chi connectivity index (χ0) is 18.0. The van der Waals surface area contributed by atoms with Crippen molar-refractivity contribution in [3.63, 3.8) is 0 Å². The summed E-state index contributed by atoms with van der Waals surface area (Å²) in [6, 6.07) is 14.5. The second kappa shape index (κ2) is 6.65. The van der Waals surface area contributed by atoms with Crippen molar-refractivity contribution >= 4 is 11.6 Å². The number of aliphatic hydroxyl groups is 1. The normalized spacial score (nSPS) is 20.0. The molecule has 6 nitrogen and oxygen atoms in total. The molecular weight excluding hydrogens is 316 g/mol. The van der Waals surface area contributed by atoms with Crippen molar-refractivity contribution in [1.29, 1.82) is 5.26 Å². The predicted octanol–water partition coefficient (Wildman–Crippen LogP) is 1.79. The Hall–Kier alpha value is -3.33. The van der Waals surface area contributed by atoms with Gasteiger partial charge < -0.3 is 10.0 Å². The molecule has 0 saturated heterocycles. The molecule has 1 aromatic carbocycles. The quantitative estimate of drug-likeness (QED) is 0.838. The van der Waals surface area contributed by atoms with E-state index in [1.165, 1.54) is 0 Å². The Morgan fingerprint density at radius 2 is 1.80 bits per heavy atom. The van der Waals surface area contributed by atoms with Crippen LogP contribution in [-0.4, -0.2) is 25.1 Å². The van der Waals surface area contributed by atoms with Gasteiger partial charge in [-0.25, -0.2) is 0 Å². The van der Waals surface area contributed by atoms with Crippen LogP contribution in [0, 0.1) is 11.3 Å². The third kappa shape index (κ3) is 3.04. The van der Waals surface area contributed by atoms with E-state index in [9.17, 15) is 15.2 Å². The number of amides is 1. The SMILES string of the molecule is CN(C)c1ccc([C@@H]2C(C#N)=C(O)NC(=O)[C@H]2[n+]2ccccc2)cc1. The van der Waals surface area contributed by atoms with Crippen LogP contribution >= 0.6 is 0 Å². The van der Waals surface area contributed by atoms with Crippen LogP contribution in [0.2, 0.25) is 0 Å². The average Bonchev–Trinajstić information content (AvgIpc) is 2.62. The lowest BCUT2D eigenvalue weighted by Crippen LogP contribution is -2.53. The van der Waals surface area contributed by atoms with Gasteiger partial charge in [0, 0.05) is 31.9 Å². The van der Waals surface area contributed by atoms with Crippen molar-refractivity contribution in [2.24, 2.45) is 0 Å². The van der Waals surface area contributed by atoms with E-state index < -0.39 is 12.0 Å². The molecule has 0 spiro atoms. The molecule has 2 aromatic rings. The number of rotatable bonds is 3. The van der Waals surface area contributed by atoms with Gasteiger partial charge in [0.05, 0.1) is 5.92 Å². The highest BCUT2D eigenvalue weighted by molar-refractivity contribution is 5.84. The molecule has 25 heavy (non-hydrogen) atoms. The monoisotopic (exact) mass is 335 g/mol. The number of nitrogens with zero attached hydrogens (tertiary/aromatic N) is 3. The predicted molar refractivity (Wildman–Crippen MR) is 92.6 cm³/mol. The molecule has 0 unspecified atom stereocenters. The number of aliphatic hydroxyl groups excluding tert-OH is 1. The van der Waals surface area contributed by atoms with Gasteiger partial charge in [-0.1, -0.05) is 18.2 Å². The van der Waals surface area contributed by atoms with Crippen LogP contribution in [0.25, 0.3) is 0 Å². The Bertz CT molecular complexity index is 851. The molecule has 2 atom stereocenters. The molecule has 1 aromatic heterocycles. The van der Waals surface area contributed by atoms with E-state index in [0.717, 1.165) is 11.3 Å². The number of hydrogen-bond donors (Lipinski definition) is 2. The number of benzene rings is 1. The van der Waals surface area contributed by atoms with Gasteiger partial charge in [0.25, 0.3) is 5.91 Å². The summed E-state index contributed by atoms with van der Waals surface area (Å²) in [6.45, 7) is 0. The van der Waals surface area contributed by atoms with Crippen molar-refractivity contribution in [2.45, 2.75) is 12.0 Å². The van der Waals surface area contributed by atoms with Crippen LogP contribution in [0.3, 0.4) is 0 Å². The fraction of sp³-hybridized carbons (Fsp3) is 0.211. The Labute approximate surface area is 146 Å². The van der Waals surface area contributed by atoms with E-state index in [-0.39, 0.29) is 17.4 Å². The fourth-order valence-corrected chi connectivity index (χ4v) is 3.07. The van der Waals surface area contributed by atoms with Gasteiger partial charge in [0.15, 0.2) is 12.4 Å². The highest BCUT2D eigenvalue weighted by atomic mass is 16.3. The molecule has 0 radical (unpaired) electrons. The first-order valence-electron chi connectivity index (χ1n) is 7.90. The summed E-state index contributed by atoms with van der Waals surface area (Å²) in [5.74, 6) is -1.29. The molecule has 1 aliphatic rings. The first kappa shape index (κ1) is 16.5. The molecule has 0 fully saturated rings. The molecule has 3 rings (SSSR count). The summed E-state index contributed by atoms with van der Waals surface area (Å²) < 4.78 is 1.75. The van der Waals surface area contributed by atoms with Gasteiger partial charge >= 0.3 is 0 Å². The van der Waals surface area contributed by atoms with Crippen molar-refractivity contribution in [3.8, 4) is 6.07 Å². The number of allylic oxidation sites excluding steroid dienone is 1. The molecule has 126 valence electrons. The number of nitriles is 1. The largest absolute Gasteiger partial charge is 0.494 e. The number of anilines is 1. The van der Waals surface area contributed by atoms with Crippen molar-refractivity contribution in [2.75, 3.05) is 19.0 Å². The standard InChI is InChI=1S/C19H18N4O2/c1-22(2)14-8-6-13(7-9-14)16-15(12-20)18(24)21-19(25)17(16)23-10-4-3-5-11-23/h3-11,16-17H,1-2H3,(H-,21,24,25)/p+1/t16-,17+/m1/s1. The zero-order valence-electron chi connectivity index (χ0n) is 14.0. The summed E-state index contributed by atoms with van der Waals surface area (Å²) in [6.07, 6.45) is 3.56. The maximum atomic E-state index is 12.6. The van der Waals surface area contributed by atoms with E-state index in [2.05, 4.69) is 11.4 Å². The number of aromatic nitrogens is 1. The zero-order valence-corrected chi connectivity index (χ0v) is 14.0. The number of carbonyl (C=O) groups is 1. The number of carbonyl (C=O) groups excluding carboxylic acids is 1. The minimum atomic E-state index is -0.656. The summed E-state index contributed by atoms with van der Waals surface area (Å²) in [5, 5.41) is 22.0. The minimum Gasteiger partial charge on any atom is -0.494 e. The molecule has 0 saturated carbocycles. The summed E-state index contributed by atoms with van der Waals surface area (Å²) in [5.41, 5.74) is 1.96. The van der Waals surface area contributed by atoms with Crippen LogP contribution < -0.4 is 14.8 Å². The molecule has 1 amide bonds. The van der Waals surface area contributed by atoms with Crippen molar-refractivity contribution in [3.05, 3.63) is 71.9 Å². The maximum Gasteiger partial charge on any atom is 0.296 e. The Balaban J connectivity index is 2.13. The molecule has 0 bridgehead atoms. The van der Waals surface area contributed by atoms with Gasteiger partial charge in [-0.15, -0.1) is 0 Å². The second-order valence-electron chi connectivity index (χ2n) is 6.09. The van der Waals surface area contributed by atoms with E-state index in [1.54, 1.807) is 17.0 Å². The highest BCUT2D eigenvalue weighted by Crippen LogP contribution is 2.36. The van der Waals surface area contributed by atoms with Gasteiger partial charge in [-0.05, 0) is 17.7 Å². The van der Waals surface area contributed by atoms with Crippen molar-refractivity contribution in [1.82, 2.24) is 5.32 Å².